The first kappa shape index (κ1) is 29.3. The molecule has 2 amide bonds. The van der Waals surface area contributed by atoms with Gasteiger partial charge in [-0.2, -0.15) is 13.2 Å². The van der Waals surface area contributed by atoms with E-state index in [2.05, 4.69) is 34.9 Å². The van der Waals surface area contributed by atoms with Crippen molar-refractivity contribution in [1.82, 2.24) is 15.5 Å². The standard InChI is InChI=1S/C31H35F3N4O2/c32-31(33,34)26-13-11-25(12-14-26)29(39)36-18-16-22-19-37-28(15-17-35)30(40)38(20-22)21-27(23-7-3-1-4-8-23)24-9-5-2-6-10-24/h1-14,22,27-28,37H,15-21,35H2,(H,36,39)/t22?,28-/m0/s1. The summed E-state index contributed by atoms with van der Waals surface area (Å²) in [6, 6.07) is 24.0. The number of halogens is 3. The van der Waals surface area contributed by atoms with Gasteiger partial charge in [-0.3, -0.25) is 9.59 Å². The van der Waals surface area contributed by atoms with Crippen LogP contribution in [0.25, 0.3) is 0 Å². The second-order valence-electron chi connectivity index (χ2n) is 10.1. The first-order valence-corrected chi connectivity index (χ1v) is 13.5. The molecule has 1 heterocycles. The molecule has 2 atom stereocenters. The first-order chi connectivity index (χ1) is 19.3. The largest absolute Gasteiger partial charge is 0.416 e. The third-order valence-electron chi connectivity index (χ3n) is 7.32. The molecule has 1 unspecified atom stereocenters. The lowest BCUT2D eigenvalue weighted by atomic mass is 9.90. The van der Waals surface area contributed by atoms with E-state index in [0.29, 0.717) is 45.6 Å². The number of nitrogens with one attached hydrogen (secondary N) is 2. The van der Waals surface area contributed by atoms with E-state index in [0.717, 1.165) is 23.3 Å². The van der Waals surface area contributed by atoms with Crippen molar-refractivity contribution in [2.45, 2.75) is 31.0 Å². The fourth-order valence-corrected chi connectivity index (χ4v) is 5.13. The number of alkyl halides is 3. The van der Waals surface area contributed by atoms with Crippen LogP contribution >= 0.6 is 0 Å². The normalized spacial score (nSPS) is 18.0. The van der Waals surface area contributed by atoms with Crippen molar-refractivity contribution in [2.75, 3.05) is 32.7 Å². The monoisotopic (exact) mass is 552 g/mol. The Labute approximate surface area is 232 Å². The van der Waals surface area contributed by atoms with E-state index in [9.17, 15) is 22.8 Å². The minimum Gasteiger partial charge on any atom is -0.352 e. The second-order valence-corrected chi connectivity index (χ2v) is 10.1. The molecular weight excluding hydrogens is 517 g/mol. The van der Waals surface area contributed by atoms with Gasteiger partial charge < -0.3 is 21.3 Å². The van der Waals surface area contributed by atoms with E-state index in [1.807, 2.05) is 41.3 Å². The molecule has 3 aromatic rings. The fourth-order valence-electron chi connectivity index (χ4n) is 5.13. The van der Waals surface area contributed by atoms with Crippen molar-refractivity contribution in [2.24, 2.45) is 11.7 Å². The van der Waals surface area contributed by atoms with Crippen molar-refractivity contribution in [3.63, 3.8) is 0 Å². The van der Waals surface area contributed by atoms with Gasteiger partial charge in [-0.1, -0.05) is 60.7 Å². The van der Waals surface area contributed by atoms with E-state index >= 15 is 0 Å². The van der Waals surface area contributed by atoms with Gasteiger partial charge >= 0.3 is 6.18 Å². The second kappa shape index (κ2) is 13.6. The molecule has 1 aliphatic heterocycles. The number of nitrogens with two attached hydrogens (primary N) is 1. The number of rotatable bonds is 10. The smallest absolute Gasteiger partial charge is 0.352 e. The molecule has 9 heteroatoms. The van der Waals surface area contributed by atoms with Crippen LogP contribution in [0.4, 0.5) is 13.2 Å². The minimum absolute atomic E-state index is 0.0111. The van der Waals surface area contributed by atoms with Gasteiger partial charge in [0.2, 0.25) is 5.91 Å². The highest BCUT2D eigenvalue weighted by atomic mass is 19.4. The number of nitrogens with zero attached hydrogens (tertiary/aromatic N) is 1. The maximum atomic E-state index is 13.6. The zero-order chi connectivity index (χ0) is 28.5. The van der Waals surface area contributed by atoms with Crippen LogP contribution in [-0.4, -0.2) is 55.5 Å². The zero-order valence-electron chi connectivity index (χ0n) is 22.2. The molecule has 0 spiro atoms. The molecule has 0 aromatic heterocycles. The quantitative estimate of drug-likeness (QED) is 0.348. The van der Waals surface area contributed by atoms with Gasteiger partial charge in [-0.25, -0.2) is 0 Å². The molecule has 40 heavy (non-hydrogen) atoms. The van der Waals surface area contributed by atoms with Crippen molar-refractivity contribution < 1.29 is 22.8 Å². The van der Waals surface area contributed by atoms with E-state index in [1.165, 1.54) is 12.1 Å². The highest BCUT2D eigenvalue weighted by Crippen LogP contribution is 2.29. The van der Waals surface area contributed by atoms with Gasteiger partial charge in [0.15, 0.2) is 0 Å². The molecular formula is C31H35F3N4O2. The first-order valence-electron chi connectivity index (χ1n) is 13.5. The molecule has 212 valence electrons. The Hall–Kier alpha value is -3.69. The van der Waals surface area contributed by atoms with Gasteiger partial charge in [0.1, 0.15) is 0 Å². The summed E-state index contributed by atoms with van der Waals surface area (Å²) in [6.07, 6.45) is -3.33. The van der Waals surface area contributed by atoms with Crippen molar-refractivity contribution in [3.05, 3.63) is 107 Å². The van der Waals surface area contributed by atoms with Crippen LogP contribution in [0.2, 0.25) is 0 Å². The Balaban J connectivity index is 1.44. The summed E-state index contributed by atoms with van der Waals surface area (Å²) in [5.74, 6) is -0.370. The molecule has 0 saturated carbocycles. The summed E-state index contributed by atoms with van der Waals surface area (Å²) < 4.78 is 38.5. The molecule has 1 saturated heterocycles. The maximum Gasteiger partial charge on any atom is 0.416 e. The number of hydrogen-bond donors (Lipinski definition) is 3. The molecule has 0 bridgehead atoms. The summed E-state index contributed by atoms with van der Waals surface area (Å²) in [6.45, 7) is 2.32. The topological polar surface area (TPSA) is 87.5 Å². The van der Waals surface area contributed by atoms with Gasteiger partial charge in [0, 0.05) is 37.7 Å². The van der Waals surface area contributed by atoms with Gasteiger partial charge in [0.25, 0.3) is 5.91 Å². The predicted molar refractivity (Wildman–Crippen MR) is 149 cm³/mol. The van der Waals surface area contributed by atoms with Crippen molar-refractivity contribution in [1.29, 1.82) is 0 Å². The van der Waals surface area contributed by atoms with Crippen molar-refractivity contribution in [3.8, 4) is 0 Å². The molecule has 0 aliphatic carbocycles. The molecule has 1 fully saturated rings. The van der Waals surface area contributed by atoms with Gasteiger partial charge in [0.05, 0.1) is 11.6 Å². The molecule has 4 rings (SSSR count). The molecule has 1 aliphatic rings. The van der Waals surface area contributed by atoms with E-state index in [1.54, 1.807) is 0 Å². The third-order valence-corrected chi connectivity index (χ3v) is 7.32. The Morgan fingerprint density at radius 3 is 2.10 bits per heavy atom. The summed E-state index contributed by atoms with van der Waals surface area (Å²) >= 11 is 0. The van der Waals surface area contributed by atoms with Crippen LogP contribution in [0.3, 0.4) is 0 Å². The van der Waals surface area contributed by atoms with Gasteiger partial charge in [-0.05, 0) is 60.7 Å². The molecule has 4 N–H and O–H groups in total. The highest BCUT2D eigenvalue weighted by molar-refractivity contribution is 5.94. The van der Waals surface area contributed by atoms with Crippen molar-refractivity contribution >= 4 is 11.8 Å². The van der Waals surface area contributed by atoms with E-state index in [-0.39, 0.29) is 29.3 Å². The molecule has 6 nitrogen and oxygen atoms in total. The summed E-state index contributed by atoms with van der Waals surface area (Å²) in [5, 5.41) is 6.17. The van der Waals surface area contributed by atoms with Crippen LogP contribution in [0.5, 0.6) is 0 Å². The zero-order valence-corrected chi connectivity index (χ0v) is 22.2. The number of carbonyl (C=O) groups is 2. The van der Waals surface area contributed by atoms with Crippen LogP contribution < -0.4 is 16.4 Å². The summed E-state index contributed by atoms with van der Waals surface area (Å²) in [5.41, 5.74) is 7.43. The predicted octanol–water partition coefficient (Wildman–Crippen LogP) is 4.42. The molecule has 0 radical (unpaired) electrons. The summed E-state index contributed by atoms with van der Waals surface area (Å²) in [7, 11) is 0. The lowest BCUT2D eigenvalue weighted by Gasteiger charge is -2.30. The van der Waals surface area contributed by atoms with E-state index < -0.39 is 17.6 Å². The van der Waals surface area contributed by atoms with Crippen LogP contribution in [-0.2, 0) is 11.0 Å². The average molecular weight is 553 g/mol. The maximum absolute atomic E-state index is 13.6. The van der Waals surface area contributed by atoms with Crippen LogP contribution in [0.1, 0.15) is 45.8 Å². The lowest BCUT2D eigenvalue weighted by molar-refractivity contribution is -0.137. The lowest BCUT2D eigenvalue weighted by Crippen LogP contribution is -2.46. The average Bonchev–Trinajstić information content (AvgIpc) is 3.10. The van der Waals surface area contributed by atoms with Crippen LogP contribution in [0.15, 0.2) is 84.9 Å². The van der Waals surface area contributed by atoms with E-state index in [4.69, 9.17) is 5.73 Å². The molecule has 3 aromatic carbocycles. The SMILES string of the molecule is NCC[C@@H]1NCC(CCNC(=O)c2ccc(C(F)(F)F)cc2)CN(CC(c2ccccc2)c2ccccc2)C1=O. The Morgan fingerprint density at radius 1 is 0.950 bits per heavy atom. The summed E-state index contributed by atoms with van der Waals surface area (Å²) in [4.78, 5) is 28.1. The Kier molecular flexibility index (Phi) is 9.95. The number of amides is 2. The highest BCUT2D eigenvalue weighted by Gasteiger charge is 2.33. The number of carbonyl (C=O) groups excluding carboxylic acids is 2. The van der Waals surface area contributed by atoms with Gasteiger partial charge in [-0.15, -0.1) is 0 Å². The van der Waals surface area contributed by atoms with Crippen LogP contribution in [0, 0.1) is 5.92 Å². The third kappa shape index (κ3) is 7.70. The Bertz CT molecular complexity index is 1200. The number of benzene rings is 3. The Morgan fingerprint density at radius 2 is 1.55 bits per heavy atom. The number of hydrogen-bond acceptors (Lipinski definition) is 4. The minimum atomic E-state index is -4.45. The fraction of sp³-hybridized carbons (Fsp3) is 0.355.